The van der Waals surface area contributed by atoms with Gasteiger partial charge in [-0.25, -0.2) is 29.9 Å². The molecule has 11 nitrogen and oxygen atoms in total. The monoisotopic (exact) mass is 763 g/mol. The highest BCUT2D eigenvalue weighted by atomic mass is 16.5. The lowest BCUT2D eigenvalue weighted by Crippen LogP contribution is -2.00. The van der Waals surface area contributed by atoms with E-state index in [1.54, 1.807) is 37.2 Å². The van der Waals surface area contributed by atoms with E-state index in [0.29, 0.717) is 40.8 Å². The summed E-state index contributed by atoms with van der Waals surface area (Å²) in [5, 5.41) is 6.45. The molecule has 0 aliphatic rings. The summed E-state index contributed by atoms with van der Waals surface area (Å²) in [6, 6.07) is 46.5. The fraction of sp³-hybridized carbons (Fsp3) is 0. The minimum atomic E-state index is 0.532. The molecule has 59 heavy (non-hydrogen) atoms. The standard InChI is InChI=1S/C48H29N9O2/c1-3-10-40-34(8-1)36-16-12-30(26-42(36)55(40)46-49-20-5-21-50-46)58-32-14-18-38-39-19-15-33(29-45(39)57(44(38)28-32)48-53-24-7-25-54-48)59-31-13-17-37-35-9-2-4-11-41(35)56(43(37)27-31)47-51-22-6-23-52-47/h1-29H. The Morgan fingerprint density at radius 1 is 0.271 bits per heavy atom. The summed E-state index contributed by atoms with van der Waals surface area (Å²) in [7, 11) is 0. The van der Waals surface area contributed by atoms with E-state index >= 15 is 0 Å². The number of rotatable bonds is 7. The van der Waals surface area contributed by atoms with E-state index < -0.39 is 0 Å². The molecule has 12 aromatic rings. The minimum Gasteiger partial charge on any atom is -0.457 e. The average Bonchev–Trinajstić information content (AvgIpc) is 3.92. The van der Waals surface area contributed by atoms with Gasteiger partial charge in [0, 0.05) is 93.8 Å². The van der Waals surface area contributed by atoms with Crippen molar-refractivity contribution in [3.63, 3.8) is 0 Å². The van der Waals surface area contributed by atoms with Crippen LogP contribution in [-0.2, 0) is 0 Å². The first-order valence-electron chi connectivity index (χ1n) is 19.1. The number of benzene rings is 6. The Balaban J connectivity index is 0.955. The molecular formula is C48H29N9O2. The van der Waals surface area contributed by atoms with Crippen LogP contribution < -0.4 is 9.47 Å². The van der Waals surface area contributed by atoms with Gasteiger partial charge in [-0.1, -0.05) is 36.4 Å². The quantitative estimate of drug-likeness (QED) is 0.158. The van der Waals surface area contributed by atoms with E-state index in [1.165, 1.54) is 0 Å². The third-order valence-electron chi connectivity index (χ3n) is 10.7. The van der Waals surface area contributed by atoms with E-state index in [9.17, 15) is 0 Å². The maximum absolute atomic E-state index is 6.63. The van der Waals surface area contributed by atoms with Crippen molar-refractivity contribution in [3.05, 3.63) is 177 Å². The molecule has 0 bridgehead atoms. The molecule has 12 rings (SSSR count). The molecule has 0 aliphatic carbocycles. The van der Waals surface area contributed by atoms with Gasteiger partial charge in [-0.2, -0.15) is 0 Å². The Labute approximate surface area is 335 Å². The van der Waals surface area contributed by atoms with Gasteiger partial charge in [-0.15, -0.1) is 0 Å². The van der Waals surface area contributed by atoms with Gasteiger partial charge in [-0.3, -0.25) is 13.7 Å². The minimum absolute atomic E-state index is 0.532. The van der Waals surface area contributed by atoms with Gasteiger partial charge in [0.15, 0.2) is 0 Å². The molecule has 0 fully saturated rings. The second kappa shape index (κ2) is 13.1. The van der Waals surface area contributed by atoms with Gasteiger partial charge in [0.05, 0.1) is 33.1 Å². The van der Waals surface area contributed by atoms with Gasteiger partial charge in [-0.05, 0) is 78.9 Å². The number of para-hydroxylation sites is 2. The molecule has 0 saturated heterocycles. The highest BCUT2D eigenvalue weighted by Crippen LogP contribution is 2.40. The zero-order valence-corrected chi connectivity index (χ0v) is 31.1. The summed E-state index contributed by atoms with van der Waals surface area (Å²) in [5.41, 5.74) is 5.72. The lowest BCUT2D eigenvalue weighted by atomic mass is 10.1. The average molecular weight is 764 g/mol. The maximum atomic E-state index is 6.63. The molecule has 6 aromatic carbocycles. The first-order valence-corrected chi connectivity index (χ1v) is 19.1. The van der Waals surface area contributed by atoms with Gasteiger partial charge in [0.2, 0.25) is 17.8 Å². The second-order valence-corrected chi connectivity index (χ2v) is 14.1. The molecule has 0 atom stereocenters. The summed E-state index contributed by atoms with van der Waals surface area (Å²) in [6.45, 7) is 0. The van der Waals surface area contributed by atoms with Crippen molar-refractivity contribution in [1.82, 2.24) is 43.6 Å². The van der Waals surface area contributed by atoms with Crippen LogP contribution >= 0.6 is 0 Å². The fourth-order valence-corrected chi connectivity index (χ4v) is 8.27. The van der Waals surface area contributed by atoms with E-state index in [-0.39, 0.29) is 0 Å². The number of fused-ring (bicyclic) bond motifs is 9. The predicted molar refractivity (Wildman–Crippen MR) is 229 cm³/mol. The smallest absolute Gasteiger partial charge is 0.234 e. The van der Waals surface area contributed by atoms with Crippen molar-refractivity contribution in [2.75, 3.05) is 0 Å². The number of nitrogens with zero attached hydrogens (tertiary/aromatic N) is 9. The highest BCUT2D eigenvalue weighted by Gasteiger charge is 2.19. The molecule has 0 aliphatic heterocycles. The Hall–Kier alpha value is -8.44. The van der Waals surface area contributed by atoms with Crippen LogP contribution in [0.5, 0.6) is 23.0 Å². The predicted octanol–water partition coefficient (Wildman–Crippen LogP) is 10.9. The van der Waals surface area contributed by atoms with Gasteiger partial charge >= 0.3 is 0 Å². The summed E-state index contributed by atoms with van der Waals surface area (Å²) >= 11 is 0. The van der Waals surface area contributed by atoms with Crippen LogP contribution in [0.2, 0.25) is 0 Å². The second-order valence-electron chi connectivity index (χ2n) is 14.1. The topological polar surface area (TPSA) is 111 Å². The van der Waals surface area contributed by atoms with E-state index in [4.69, 9.17) is 9.47 Å². The molecule has 0 N–H and O–H groups in total. The SMILES string of the molecule is c1cnc(-n2c3ccccc3c3ccc(Oc4ccc5c6ccc(Oc7ccc8c9ccccc9n(-c9ncccn9)c8c7)cc6n(-c6ncccn6)c5c4)cc32)nc1. The Morgan fingerprint density at radius 2 is 0.542 bits per heavy atom. The van der Waals surface area contributed by atoms with Crippen LogP contribution in [0.15, 0.2) is 177 Å². The molecule has 6 aromatic heterocycles. The van der Waals surface area contributed by atoms with Crippen molar-refractivity contribution >= 4 is 65.4 Å². The number of hydrogen-bond acceptors (Lipinski definition) is 8. The molecule has 0 unspecified atom stereocenters. The molecule has 11 heteroatoms. The van der Waals surface area contributed by atoms with E-state index in [1.807, 2.05) is 95.6 Å². The van der Waals surface area contributed by atoms with E-state index in [2.05, 4.69) is 87.6 Å². The Morgan fingerprint density at radius 3 is 0.864 bits per heavy atom. The van der Waals surface area contributed by atoms with Gasteiger partial charge in [0.25, 0.3) is 0 Å². The molecule has 0 radical (unpaired) electrons. The first-order chi connectivity index (χ1) is 29.2. The van der Waals surface area contributed by atoms with Crippen molar-refractivity contribution in [3.8, 4) is 40.8 Å². The summed E-state index contributed by atoms with van der Waals surface area (Å²) in [4.78, 5) is 27.7. The van der Waals surface area contributed by atoms with Gasteiger partial charge in [0.1, 0.15) is 23.0 Å². The van der Waals surface area contributed by atoms with Crippen LogP contribution in [-0.4, -0.2) is 43.6 Å². The van der Waals surface area contributed by atoms with Crippen LogP contribution in [0.3, 0.4) is 0 Å². The maximum Gasteiger partial charge on any atom is 0.234 e. The van der Waals surface area contributed by atoms with Crippen molar-refractivity contribution in [2.24, 2.45) is 0 Å². The van der Waals surface area contributed by atoms with Gasteiger partial charge < -0.3 is 9.47 Å². The van der Waals surface area contributed by atoms with Crippen molar-refractivity contribution in [2.45, 2.75) is 0 Å². The molecule has 0 spiro atoms. The lowest BCUT2D eigenvalue weighted by molar-refractivity contribution is 0.484. The molecule has 0 amide bonds. The largest absolute Gasteiger partial charge is 0.457 e. The summed E-state index contributed by atoms with van der Waals surface area (Å²) in [5.74, 6) is 4.42. The molecule has 278 valence electrons. The van der Waals surface area contributed by atoms with Crippen molar-refractivity contribution < 1.29 is 9.47 Å². The first kappa shape index (κ1) is 32.8. The summed E-state index contributed by atoms with van der Waals surface area (Å²) in [6.07, 6.45) is 10.5. The molecule has 6 heterocycles. The Bertz CT molecular complexity index is 3350. The normalized spacial score (nSPS) is 11.7. The van der Waals surface area contributed by atoms with E-state index in [0.717, 1.165) is 65.4 Å². The summed E-state index contributed by atoms with van der Waals surface area (Å²) < 4.78 is 19.4. The highest BCUT2D eigenvalue weighted by molar-refractivity contribution is 6.11. The van der Waals surface area contributed by atoms with Crippen LogP contribution in [0.25, 0.3) is 83.3 Å². The third-order valence-corrected chi connectivity index (χ3v) is 10.7. The Kier molecular flexibility index (Phi) is 7.26. The number of ether oxygens (including phenoxy) is 2. The number of aromatic nitrogens is 9. The van der Waals surface area contributed by atoms with Crippen LogP contribution in [0, 0.1) is 0 Å². The third kappa shape index (κ3) is 5.29. The fourth-order valence-electron chi connectivity index (χ4n) is 8.27. The molecular weight excluding hydrogens is 735 g/mol. The number of hydrogen-bond donors (Lipinski definition) is 0. The molecule has 0 saturated carbocycles. The van der Waals surface area contributed by atoms with Crippen molar-refractivity contribution in [1.29, 1.82) is 0 Å². The van der Waals surface area contributed by atoms with Crippen LogP contribution in [0.1, 0.15) is 0 Å². The van der Waals surface area contributed by atoms with Crippen LogP contribution in [0.4, 0.5) is 0 Å². The zero-order chi connectivity index (χ0) is 38.9. The zero-order valence-electron chi connectivity index (χ0n) is 31.1. The lowest BCUT2D eigenvalue weighted by Gasteiger charge is -2.10.